The van der Waals surface area contributed by atoms with Crippen molar-refractivity contribution in [2.75, 3.05) is 7.11 Å². The SMILES string of the molecule is COc1ccc(C=CC(=O)Oc2ccccc2I)cc1O. The van der Waals surface area contributed by atoms with E-state index in [1.54, 1.807) is 30.3 Å². The van der Waals surface area contributed by atoms with Crippen LogP contribution in [0, 0.1) is 3.57 Å². The van der Waals surface area contributed by atoms with Crippen molar-refractivity contribution in [3.63, 3.8) is 0 Å². The largest absolute Gasteiger partial charge is 0.504 e. The molecule has 0 atom stereocenters. The molecule has 108 valence electrons. The number of esters is 1. The summed E-state index contributed by atoms with van der Waals surface area (Å²) in [5, 5.41) is 9.65. The van der Waals surface area contributed by atoms with Crippen molar-refractivity contribution in [1.82, 2.24) is 0 Å². The fourth-order valence-corrected chi connectivity index (χ4v) is 2.14. The highest BCUT2D eigenvalue weighted by molar-refractivity contribution is 14.1. The normalized spacial score (nSPS) is 10.6. The van der Waals surface area contributed by atoms with Crippen LogP contribution in [0.4, 0.5) is 0 Å². The van der Waals surface area contributed by atoms with Crippen LogP contribution in [0.25, 0.3) is 6.08 Å². The molecule has 0 aliphatic carbocycles. The first kappa shape index (κ1) is 15.4. The van der Waals surface area contributed by atoms with Crippen molar-refractivity contribution in [2.45, 2.75) is 0 Å². The number of hydrogen-bond acceptors (Lipinski definition) is 4. The minimum absolute atomic E-state index is 0.0191. The number of para-hydroxylation sites is 1. The smallest absolute Gasteiger partial charge is 0.336 e. The molecule has 0 saturated carbocycles. The molecule has 2 aromatic rings. The molecular formula is C16H13IO4. The van der Waals surface area contributed by atoms with Crippen molar-refractivity contribution < 1.29 is 19.4 Å². The second-order valence-electron chi connectivity index (χ2n) is 4.12. The maximum absolute atomic E-state index is 11.7. The Balaban J connectivity index is 2.05. The summed E-state index contributed by atoms with van der Waals surface area (Å²) in [6.45, 7) is 0. The number of aromatic hydroxyl groups is 1. The molecule has 0 spiro atoms. The van der Waals surface area contributed by atoms with Crippen molar-refractivity contribution in [3.05, 3.63) is 57.7 Å². The Morgan fingerprint density at radius 2 is 1.95 bits per heavy atom. The Morgan fingerprint density at radius 3 is 2.62 bits per heavy atom. The summed E-state index contributed by atoms with van der Waals surface area (Å²) in [6, 6.07) is 12.1. The van der Waals surface area contributed by atoms with E-state index in [1.807, 2.05) is 12.1 Å². The van der Waals surface area contributed by atoms with E-state index in [4.69, 9.17) is 9.47 Å². The highest BCUT2D eigenvalue weighted by atomic mass is 127. The zero-order valence-corrected chi connectivity index (χ0v) is 13.4. The molecule has 2 rings (SSSR count). The number of carbonyl (C=O) groups excluding carboxylic acids is 1. The monoisotopic (exact) mass is 396 g/mol. The van der Waals surface area contributed by atoms with Crippen LogP contribution < -0.4 is 9.47 Å². The van der Waals surface area contributed by atoms with Gasteiger partial charge in [0.1, 0.15) is 5.75 Å². The van der Waals surface area contributed by atoms with Crippen LogP contribution in [0.15, 0.2) is 48.5 Å². The maximum atomic E-state index is 11.7. The number of phenolic OH excluding ortho intramolecular Hbond substituents is 1. The van der Waals surface area contributed by atoms with Gasteiger partial charge in [0, 0.05) is 6.08 Å². The molecule has 0 radical (unpaired) electrons. The van der Waals surface area contributed by atoms with Gasteiger partial charge in [-0.3, -0.25) is 0 Å². The van der Waals surface area contributed by atoms with Gasteiger partial charge in [0.05, 0.1) is 10.7 Å². The van der Waals surface area contributed by atoms with Gasteiger partial charge in [-0.1, -0.05) is 18.2 Å². The summed E-state index contributed by atoms with van der Waals surface area (Å²) in [7, 11) is 1.48. The standard InChI is InChI=1S/C16H13IO4/c1-20-15-8-6-11(10-13(15)18)7-9-16(19)21-14-5-3-2-4-12(14)17/h2-10,18H,1H3. The molecule has 0 unspecified atom stereocenters. The lowest BCUT2D eigenvalue weighted by Crippen LogP contribution is -2.04. The van der Waals surface area contributed by atoms with Crippen LogP contribution in [0.5, 0.6) is 17.2 Å². The first-order valence-electron chi connectivity index (χ1n) is 6.11. The number of rotatable bonds is 4. The van der Waals surface area contributed by atoms with Crippen LogP contribution >= 0.6 is 22.6 Å². The van der Waals surface area contributed by atoms with E-state index >= 15 is 0 Å². The molecule has 0 aromatic heterocycles. The molecule has 21 heavy (non-hydrogen) atoms. The Hall–Kier alpha value is -2.02. The van der Waals surface area contributed by atoms with Crippen molar-refractivity contribution in [1.29, 1.82) is 0 Å². The Kier molecular flexibility index (Phi) is 5.21. The van der Waals surface area contributed by atoms with E-state index in [-0.39, 0.29) is 5.75 Å². The lowest BCUT2D eigenvalue weighted by molar-refractivity contribution is -0.128. The van der Waals surface area contributed by atoms with Crippen molar-refractivity contribution in [3.8, 4) is 17.2 Å². The van der Waals surface area contributed by atoms with Crippen molar-refractivity contribution >= 4 is 34.6 Å². The van der Waals surface area contributed by atoms with Crippen LogP contribution in [-0.2, 0) is 4.79 Å². The van der Waals surface area contributed by atoms with E-state index < -0.39 is 5.97 Å². The van der Waals surface area contributed by atoms with Gasteiger partial charge >= 0.3 is 5.97 Å². The second-order valence-corrected chi connectivity index (χ2v) is 5.28. The first-order valence-corrected chi connectivity index (χ1v) is 7.19. The summed E-state index contributed by atoms with van der Waals surface area (Å²) in [5.41, 5.74) is 0.674. The topological polar surface area (TPSA) is 55.8 Å². The van der Waals surface area contributed by atoms with Crippen LogP contribution in [-0.4, -0.2) is 18.2 Å². The highest BCUT2D eigenvalue weighted by Crippen LogP contribution is 2.26. The molecular weight excluding hydrogens is 383 g/mol. The number of halogens is 1. The van der Waals surface area contributed by atoms with E-state index in [9.17, 15) is 9.90 Å². The fraction of sp³-hybridized carbons (Fsp3) is 0.0625. The first-order chi connectivity index (χ1) is 10.1. The third-order valence-electron chi connectivity index (χ3n) is 2.66. The quantitative estimate of drug-likeness (QED) is 0.371. The minimum Gasteiger partial charge on any atom is -0.504 e. The van der Waals surface area contributed by atoms with Gasteiger partial charge in [-0.15, -0.1) is 0 Å². The van der Waals surface area contributed by atoms with E-state index in [2.05, 4.69) is 22.6 Å². The van der Waals surface area contributed by atoms with Gasteiger partial charge in [0.25, 0.3) is 0 Å². The molecule has 5 heteroatoms. The van der Waals surface area contributed by atoms with E-state index in [0.717, 1.165) is 3.57 Å². The lowest BCUT2D eigenvalue weighted by atomic mass is 10.2. The average molecular weight is 396 g/mol. The molecule has 0 aliphatic rings. The molecule has 1 N–H and O–H groups in total. The Bertz CT molecular complexity index is 680. The van der Waals surface area contributed by atoms with Crippen LogP contribution in [0.3, 0.4) is 0 Å². The van der Waals surface area contributed by atoms with Crippen LogP contribution in [0.1, 0.15) is 5.56 Å². The average Bonchev–Trinajstić information content (AvgIpc) is 2.48. The fourth-order valence-electron chi connectivity index (χ4n) is 1.64. The number of phenols is 1. The summed E-state index contributed by atoms with van der Waals surface area (Å²) in [4.78, 5) is 11.7. The number of hydrogen-bond donors (Lipinski definition) is 1. The molecule has 4 nitrogen and oxygen atoms in total. The summed E-state index contributed by atoms with van der Waals surface area (Å²) in [6.07, 6.45) is 2.88. The summed E-state index contributed by atoms with van der Waals surface area (Å²) in [5.74, 6) is 0.443. The molecule has 0 saturated heterocycles. The van der Waals surface area contributed by atoms with Gasteiger partial charge in [0.15, 0.2) is 11.5 Å². The number of methoxy groups -OCH3 is 1. The van der Waals surface area contributed by atoms with Gasteiger partial charge in [0.2, 0.25) is 0 Å². The van der Waals surface area contributed by atoms with Gasteiger partial charge in [-0.05, 0) is 58.5 Å². The summed E-state index contributed by atoms with van der Waals surface area (Å²) >= 11 is 2.10. The maximum Gasteiger partial charge on any atom is 0.336 e. The van der Waals surface area contributed by atoms with Gasteiger partial charge < -0.3 is 14.6 Å². The minimum atomic E-state index is -0.477. The molecule has 0 aliphatic heterocycles. The van der Waals surface area contributed by atoms with E-state index in [0.29, 0.717) is 17.1 Å². The molecule has 0 bridgehead atoms. The highest BCUT2D eigenvalue weighted by Gasteiger charge is 2.05. The zero-order chi connectivity index (χ0) is 15.2. The summed E-state index contributed by atoms with van der Waals surface area (Å²) < 4.78 is 11.0. The lowest BCUT2D eigenvalue weighted by Gasteiger charge is -2.04. The Morgan fingerprint density at radius 1 is 1.19 bits per heavy atom. The van der Waals surface area contributed by atoms with Gasteiger partial charge in [-0.25, -0.2) is 4.79 Å². The van der Waals surface area contributed by atoms with Crippen LogP contribution in [0.2, 0.25) is 0 Å². The van der Waals surface area contributed by atoms with Crippen molar-refractivity contribution in [2.24, 2.45) is 0 Å². The number of ether oxygens (including phenoxy) is 2. The zero-order valence-electron chi connectivity index (χ0n) is 11.2. The second kappa shape index (κ2) is 7.12. The molecule has 0 fully saturated rings. The number of benzene rings is 2. The van der Waals surface area contributed by atoms with Gasteiger partial charge in [-0.2, -0.15) is 0 Å². The third kappa shape index (κ3) is 4.22. The number of carbonyl (C=O) groups is 1. The molecule has 2 aromatic carbocycles. The predicted molar refractivity (Wildman–Crippen MR) is 88.5 cm³/mol. The predicted octanol–water partition coefficient (Wildman–Crippen LogP) is 3.62. The molecule has 0 heterocycles. The van der Waals surface area contributed by atoms with E-state index in [1.165, 1.54) is 19.3 Å². The Labute approximate surface area is 136 Å². The third-order valence-corrected chi connectivity index (χ3v) is 3.55. The molecule has 0 amide bonds.